The van der Waals surface area contributed by atoms with Crippen LogP contribution >= 0.6 is 0 Å². The number of carbonyl (C=O) groups excluding carboxylic acids is 1. The van der Waals surface area contributed by atoms with Crippen LogP contribution in [0.1, 0.15) is 19.3 Å². The van der Waals surface area contributed by atoms with Gasteiger partial charge in [-0.1, -0.05) is 0 Å². The number of rotatable bonds is 1. The topological polar surface area (TPSA) is 63.6 Å². The minimum atomic E-state index is -0.830. The van der Waals surface area contributed by atoms with Crippen molar-refractivity contribution in [2.75, 3.05) is 6.61 Å². The first-order valence-corrected chi connectivity index (χ1v) is 3.58. The van der Waals surface area contributed by atoms with Crippen molar-refractivity contribution in [1.82, 2.24) is 0 Å². The molecule has 11 heavy (non-hydrogen) atoms. The second-order valence-electron chi connectivity index (χ2n) is 2.58. The van der Waals surface area contributed by atoms with Crippen molar-refractivity contribution in [2.45, 2.75) is 19.3 Å². The molecule has 4 heteroatoms. The number of hydrogen-bond acceptors (Lipinski definition) is 3. The Labute approximate surface area is 64.2 Å². The second kappa shape index (κ2) is 3.37. The van der Waals surface area contributed by atoms with Crippen LogP contribution in [0.4, 0.5) is 0 Å². The van der Waals surface area contributed by atoms with Crippen LogP contribution in [0, 0.1) is 5.92 Å². The van der Waals surface area contributed by atoms with Gasteiger partial charge in [0.2, 0.25) is 0 Å². The Hall–Kier alpha value is -1.06. The summed E-state index contributed by atoms with van der Waals surface area (Å²) in [5.74, 6) is -1.52. The number of aliphatic carboxylic acids is 1. The number of carbonyl (C=O) groups is 2. The maximum absolute atomic E-state index is 10.6. The fourth-order valence-corrected chi connectivity index (χ4v) is 1.07. The van der Waals surface area contributed by atoms with Crippen molar-refractivity contribution in [3.05, 3.63) is 0 Å². The highest BCUT2D eigenvalue weighted by Crippen LogP contribution is 2.15. The summed E-state index contributed by atoms with van der Waals surface area (Å²) in [5.41, 5.74) is 0. The summed E-state index contributed by atoms with van der Waals surface area (Å²) in [6.07, 6.45) is 1.09. The number of hydrogen-bond donors (Lipinski definition) is 1. The molecule has 0 radical (unpaired) electrons. The zero-order valence-corrected chi connectivity index (χ0v) is 6.08. The normalized spacial score (nSPS) is 25.5. The van der Waals surface area contributed by atoms with Gasteiger partial charge in [0.1, 0.15) is 0 Å². The molecule has 1 N–H and O–H groups in total. The Morgan fingerprint density at radius 3 is 2.91 bits per heavy atom. The summed E-state index contributed by atoms with van der Waals surface area (Å²) in [6.45, 7) is 0.246. The maximum atomic E-state index is 10.6. The molecule has 1 fully saturated rings. The van der Waals surface area contributed by atoms with Gasteiger partial charge in [-0.25, -0.2) is 0 Å². The molecular weight excluding hydrogens is 148 g/mol. The lowest BCUT2D eigenvalue weighted by Crippen LogP contribution is -2.13. The van der Waals surface area contributed by atoms with Gasteiger partial charge in [0.25, 0.3) is 0 Å². The van der Waals surface area contributed by atoms with E-state index in [1.165, 1.54) is 0 Å². The molecule has 1 aliphatic rings. The first kappa shape index (κ1) is 8.04. The summed E-state index contributed by atoms with van der Waals surface area (Å²) in [7, 11) is 0. The van der Waals surface area contributed by atoms with E-state index < -0.39 is 11.9 Å². The molecule has 0 bridgehead atoms. The maximum Gasteiger partial charge on any atom is 0.306 e. The SMILES string of the molecule is O=C1CCC(C(=O)O)CCO1. The van der Waals surface area contributed by atoms with Gasteiger partial charge >= 0.3 is 11.9 Å². The van der Waals surface area contributed by atoms with E-state index >= 15 is 0 Å². The Morgan fingerprint density at radius 2 is 2.27 bits per heavy atom. The molecule has 1 aliphatic heterocycles. The zero-order valence-electron chi connectivity index (χ0n) is 6.08. The van der Waals surface area contributed by atoms with Gasteiger partial charge < -0.3 is 9.84 Å². The Balaban J connectivity index is 2.46. The van der Waals surface area contributed by atoms with Crippen molar-refractivity contribution in [3.8, 4) is 0 Å². The Morgan fingerprint density at radius 1 is 1.55 bits per heavy atom. The molecule has 1 saturated heterocycles. The molecule has 62 valence electrons. The third kappa shape index (κ3) is 2.22. The van der Waals surface area contributed by atoms with Crippen LogP contribution in [-0.4, -0.2) is 23.7 Å². The van der Waals surface area contributed by atoms with Crippen LogP contribution in [0.2, 0.25) is 0 Å². The minimum Gasteiger partial charge on any atom is -0.481 e. The molecule has 1 rings (SSSR count). The minimum absolute atomic E-state index is 0.233. The van der Waals surface area contributed by atoms with Crippen LogP contribution < -0.4 is 0 Å². The van der Waals surface area contributed by atoms with E-state index in [0.717, 1.165) is 0 Å². The molecule has 1 unspecified atom stereocenters. The first-order valence-electron chi connectivity index (χ1n) is 3.58. The number of esters is 1. The Kier molecular flexibility index (Phi) is 2.46. The summed E-state index contributed by atoms with van der Waals surface area (Å²) >= 11 is 0. The van der Waals surface area contributed by atoms with Crippen molar-refractivity contribution < 1.29 is 19.4 Å². The van der Waals surface area contributed by atoms with E-state index in [4.69, 9.17) is 5.11 Å². The highest BCUT2D eigenvalue weighted by molar-refractivity contribution is 5.74. The molecule has 0 amide bonds. The third-order valence-corrected chi connectivity index (χ3v) is 1.78. The number of cyclic esters (lactones) is 1. The monoisotopic (exact) mass is 158 g/mol. The molecule has 0 aromatic carbocycles. The molecule has 4 nitrogen and oxygen atoms in total. The van der Waals surface area contributed by atoms with E-state index in [9.17, 15) is 9.59 Å². The average Bonchev–Trinajstić information content (AvgIpc) is 2.13. The van der Waals surface area contributed by atoms with E-state index in [2.05, 4.69) is 4.74 Å². The largest absolute Gasteiger partial charge is 0.481 e. The fourth-order valence-electron chi connectivity index (χ4n) is 1.07. The van der Waals surface area contributed by atoms with Crippen LogP contribution in [-0.2, 0) is 14.3 Å². The first-order chi connectivity index (χ1) is 5.20. The van der Waals surface area contributed by atoms with Crippen molar-refractivity contribution in [2.24, 2.45) is 5.92 Å². The molecule has 1 atom stereocenters. The van der Waals surface area contributed by atoms with Gasteiger partial charge in [-0.15, -0.1) is 0 Å². The lowest BCUT2D eigenvalue weighted by molar-refractivity contribution is -0.143. The zero-order chi connectivity index (χ0) is 8.27. The van der Waals surface area contributed by atoms with Gasteiger partial charge in [-0.3, -0.25) is 9.59 Å². The van der Waals surface area contributed by atoms with Crippen LogP contribution in [0.3, 0.4) is 0 Å². The molecular formula is C7H10O4. The number of carboxylic acids is 1. The fraction of sp³-hybridized carbons (Fsp3) is 0.714. The number of carboxylic acid groups (broad SMARTS) is 1. The Bertz CT molecular complexity index is 175. The second-order valence-corrected chi connectivity index (χ2v) is 2.58. The van der Waals surface area contributed by atoms with E-state index in [-0.39, 0.29) is 19.0 Å². The standard InChI is InChI=1S/C7H10O4/c8-6-2-1-5(7(9)10)3-4-11-6/h5H,1-4H2,(H,9,10). The van der Waals surface area contributed by atoms with Gasteiger partial charge in [0.15, 0.2) is 0 Å². The van der Waals surface area contributed by atoms with Crippen molar-refractivity contribution in [3.63, 3.8) is 0 Å². The van der Waals surface area contributed by atoms with Crippen molar-refractivity contribution >= 4 is 11.9 Å². The molecule has 1 heterocycles. The molecule has 0 aliphatic carbocycles. The third-order valence-electron chi connectivity index (χ3n) is 1.78. The van der Waals surface area contributed by atoms with Crippen molar-refractivity contribution in [1.29, 1.82) is 0 Å². The molecule has 0 saturated carbocycles. The van der Waals surface area contributed by atoms with Crippen LogP contribution in [0.15, 0.2) is 0 Å². The van der Waals surface area contributed by atoms with Gasteiger partial charge in [-0.05, 0) is 12.8 Å². The average molecular weight is 158 g/mol. The lowest BCUT2D eigenvalue weighted by Gasteiger charge is -2.03. The van der Waals surface area contributed by atoms with Crippen LogP contribution in [0.5, 0.6) is 0 Å². The van der Waals surface area contributed by atoms with E-state index in [1.54, 1.807) is 0 Å². The summed E-state index contributed by atoms with van der Waals surface area (Å²) < 4.78 is 4.68. The van der Waals surface area contributed by atoms with E-state index in [1.807, 2.05) is 0 Å². The highest BCUT2D eigenvalue weighted by atomic mass is 16.5. The number of ether oxygens (including phenoxy) is 1. The van der Waals surface area contributed by atoms with E-state index in [0.29, 0.717) is 12.8 Å². The van der Waals surface area contributed by atoms with Crippen LogP contribution in [0.25, 0.3) is 0 Å². The smallest absolute Gasteiger partial charge is 0.306 e. The van der Waals surface area contributed by atoms with Gasteiger partial charge in [0, 0.05) is 6.42 Å². The van der Waals surface area contributed by atoms with Gasteiger partial charge in [-0.2, -0.15) is 0 Å². The molecule has 0 aromatic heterocycles. The quantitative estimate of drug-likeness (QED) is 0.561. The predicted molar refractivity (Wildman–Crippen MR) is 35.9 cm³/mol. The summed E-state index contributed by atoms with van der Waals surface area (Å²) in [6, 6.07) is 0. The molecule has 0 aromatic rings. The highest BCUT2D eigenvalue weighted by Gasteiger charge is 2.22. The lowest BCUT2D eigenvalue weighted by atomic mass is 10.0. The summed E-state index contributed by atoms with van der Waals surface area (Å²) in [4.78, 5) is 21.1. The molecule has 0 spiro atoms. The predicted octanol–water partition coefficient (Wildman–Crippen LogP) is 0.414. The van der Waals surface area contributed by atoms with Gasteiger partial charge in [0.05, 0.1) is 12.5 Å². The summed E-state index contributed by atoms with van der Waals surface area (Å²) in [5, 5.41) is 8.58.